The van der Waals surface area contributed by atoms with Crippen molar-refractivity contribution in [1.82, 2.24) is 5.32 Å². The van der Waals surface area contributed by atoms with E-state index in [2.05, 4.69) is 5.32 Å². The third-order valence-corrected chi connectivity index (χ3v) is 4.34. The van der Waals surface area contributed by atoms with Gasteiger partial charge in [0.15, 0.2) is 0 Å². The number of amides is 1. The second-order valence-electron chi connectivity index (χ2n) is 5.27. The number of carbonyl (C=O) groups excluding carboxylic acids is 1. The van der Waals surface area contributed by atoms with Crippen molar-refractivity contribution in [2.45, 2.75) is 19.1 Å². The fourth-order valence-electron chi connectivity index (χ4n) is 2.06. The number of benzene rings is 2. The van der Waals surface area contributed by atoms with Crippen LogP contribution >= 0.6 is 11.8 Å². The predicted molar refractivity (Wildman–Crippen MR) is 97.1 cm³/mol. The largest absolute Gasteiger partial charge is 0.494 e. The van der Waals surface area contributed by atoms with Crippen molar-refractivity contribution < 1.29 is 13.9 Å². The van der Waals surface area contributed by atoms with E-state index in [1.165, 1.54) is 6.07 Å². The number of thioether (sulfide) groups is 1. The fraction of sp³-hybridized carbons (Fsp3) is 0.316. The van der Waals surface area contributed by atoms with Crippen LogP contribution in [0.5, 0.6) is 5.75 Å². The van der Waals surface area contributed by atoms with Gasteiger partial charge in [0.25, 0.3) is 5.91 Å². The average Bonchev–Trinajstić information content (AvgIpc) is 2.61. The molecule has 24 heavy (non-hydrogen) atoms. The summed E-state index contributed by atoms with van der Waals surface area (Å²) in [6, 6.07) is 13.9. The Morgan fingerprint density at radius 2 is 1.92 bits per heavy atom. The summed E-state index contributed by atoms with van der Waals surface area (Å²) in [5.41, 5.74) is 1.30. The molecule has 0 atom stereocenters. The Kier molecular flexibility index (Phi) is 7.62. The lowest BCUT2D eigenvalue weighted by Crippen LogP contribution is -2.25. The van der Waals surface area contributed by atoms with Crippen LogP contribution in [-0.4, -0.2) is 24.8 Å². The molecule has 0 aliphatic heterocycles. The molecule has 0 spiro atoms. The molecule has 0 fully saturated rings. The van der Waals surface area contributed by atoms with Crippen molar-refractivity contribution in [3.63, 3.8) is 0 Å². The normalized spacial score (nSPS) is 10.4. The molecule has 1 amide bonds. The second kappa shape index (κ2) is 9.98. The van der Waals surface area contributed by atoms with Gasteiger partial charge in [-0.2, -0.15) is 11.8 Å². The lowest BCUT2D eigenvalue weighted by molar-refractivity contribution is 0.0956. The highest BCUT2D eigenvalue weighted by molar-refractivity contribution is 7.98. The van der Waals surface area contributed by atoms with Gasteiger partial charge in [0.2, 0.25) is 0 Å². The van der Waals surface area contributed by atoms with E-state index < -0.39 is 0 Å². The Bertz CT molecular complexity index is 646. The number of nitrogens with one attached hydrogen (secondary N) is 1. The van der Waals surface area contributed by atoms with Gasteiger partial charge >= 0.3 is 0 Å². The maximum Gasteiger partial charge on any atom is 0.251 e. The van der Waals surface area contributed by atoms with E-state index in [0.29, 0.717) is 30.0 Å². The highest BCUT2D eigenvalue weighted by atomic mass is 32.2. The van der Waals surface area contributed by atoms with Crippen LogP contribution in [0.3, 0.4) is 0 Å². The average molecular weight is 347 g/mol. The zero-order chi connectivity index (χ0) is 17.2. The van der Waals surface area contributed by atoms with Crippen LogP contribution in [0.25, 0.3) is 0 Å². The summed E-state index contributed by atoms with van der Waals surface area (Å²) in [6.07, 6.45) is 0.951. The van der Waals surface area contributed by atoms with E-state index >= 15 is 0 Å². The molecule has 0 saturated heterocycles. The van der Waals surface area contributed by atoms with Gasteiger partial charge in [-0.3, -0.25) is 4.79 Å². The maximum atomic E-state index is 13.5. The third-order valence-electron chi connectivity index (χ3n) is 3.34. The van der Waals surface area contributed by atoms with Crippen molar-refractivity contribution in [3.8, 4) is 5.75 Å². The van der Waals surface area contributed by atoms with Crippen molar-refractivity contribution in [3.05, 3.63) is 65.5 Å². The van der Waals surface area contributed by atoms with Crippen LogP contribution in [-0.2, 0) is 5.75 Å². The minimum absolute atomic E-state index is 0.108. The number of hydrogen-bond donors (Lipinski definition) is 1. The summed E-state index contributed by atoms with van der Waals surface area (Å²) in [5, 5.41) is 2.87. The van der Waals surface area contributed by atoms with E-state index in [-0.39, 0.29) is 11.7 Å². The minimum atomic E-state index is -0.181. The Hall–Kier alpha value is -2.01. The van der Waals surface area contributed by atoms with Gasteiger partial charge in [0, 0.05) is 23.6 Å². The molecule has 2 aromatic rings. The highest BCUT2D eigenvalue weighted by Crippen LogP contribution is 2.15. The lowest BCUT2D eigenvalue weighted by Gasteiger charge is -2.07. The molecule has 2 rings (SSSR count). The molecule has 0 heterocycles. The molecule has 0 saturated carbocycles. The second-order valence-corrected chi connectivity index (χ2v) is 6.38. The topological polar surface area (TPSA) is 38.3 Å². The number of hydrogen-bond acceptors (Lipinski definition) is 3. The molecular formula is C19H22FNO2S. The van der Waals surface area contributed by atoms with Gasteiger partial charge in [0.05, 0.1) is 6.61 Å². The van der Waals surface area contributed by atoms with E-state index in [0.717, 1.165) is 17.9 Å². The maximum absolute atomic E-state index is 13.5. The first kappa shape index (κ1) is 18.3. The summed E-state index contributed by atoms with van der Waals surface area (Å²) in [5.74, 6) is 1.82. The molecule has 3 nitrogen and oxygen atoms in total. The summed E-state index contributed by atoms with van der Waals surface area (Å²) < 4.78 is 19.0. The molecule has 128 valence electrons. The summed E-state index contributed by atoms with van der Waals surface area (Å²) in [7, 11) is 0. The first-order valence-corrected chi connectivity index (χ1v) is 9.18. The molecule has 2 aromatic carbocycles. The van der Waals surface area contributed by atoms with E-state index in [1.807, 2.05) is 13.0 Å². The third kappa shape index (κ3) is 5.89. The van der Waals surface area contributed by atoms with Gasteiger partial charge in [-0.1, -0.05) is 25.1 Å². The first-order valence-electron chi connectivity index (χ1n) is 8.03. The monoisotopic (exact) mass is 347 g/mol. The van der Waals surface area contributed by atoms with Crippen molar-refractivity contribution in [2.75, 3.05) is 18.9 Å². The highest BCUT2D eigenvalue weighted by Gasteiger charge is 2.05. The van der Waals surface area contributed by atoms with Gasteiger partial charge in [-0.15, -0.1) is 0 Å². The number of rotatable bonds is 9. The molecule has 0 bridgehead atoms. The minimum Gasteiger partial charge on any atom is -0.494 e. The van der Waals surface area contributed by atoms with Gasteiger partial charge in [-0.25, -0.2) is 4.39 Å². The van der Waals surface area contributed by atoms with Crippen molar-refractivity contribution in [1.29, 1.82) is 0 Å². The Balaban J connectivity index is 1.68. The van der Waals surface area contributed by atoms with E-state index in [9.17, 15) is 9.18 Å². The van der Waals surface area contributed by atoms with Crippen molar-refractivity contribution >= 4 is 17.7 Å². The van der Waals surface area contributed by atoms with Crippen LogP contribution in [0, 0.1) is 5.82 Å². The first-order chi connectivity index (χ1) is 11.7. The summed E-state index contributed by atoms with van der Waals surface area (Å²) >= 11 is 1.59. The van der Waals surface area contributed by atoms with Crippen LogP contribution in [0.1, 0.15) is 29.3 Å². The van der Waals surface area contributed by atoms with Crippen LogP contribution in [0.4, 0.5) is 4.39 Å². The molecule has 5 heteroatoms. The number of halogens is 1. The molecule has 0 unspecified atom stereocenters. The Labute approximate surface area is 146 Å². The van der Waals surface area contributed by atoms with Crippen molar-refractivity contribution in [2.24, 2.45) is 0 Å². The van der Waals surface area contributed by atoms with Gasteiger partial charge < -0.3 is 10.1 Å². The standard InChI is InChI=1S/C19H22FNO2S/c1-2-12-23-17-9-7-15(8-10-17)19(22)21-11-13-24-14-16-5-3-4-6-18(16)20/h3-10H,2,11-14H2,1H3,(H,21,22). The molecule has 0 aliphatic rings. The van der Waals surface area contributed by atoms with Gasteiger partial charge in [-0.05, 0) is 42.3 Å². The Morgan fingerprint density at radius 1 is 1.17 bits per heavy atom. The van der Waals surface area contributed by atoms with Crippen LogP contribution in [0.2, 0.25) is 0 Å². The summed E-state index contributed by atoms with van der Waals surface area (Å²) in [4.78, 5) is 12.0. The molecular weight excluding hydrogens is 325 g/mol. The van der Waals surface area contributed by atoms with Crippen LogP contribution < -0.4 is 10.1 Å². The molecule has 1 N–H and O–H groups in total. The zero-order valence-electron chi connectivity index (χ0n) is 13.8. The predicted octanol–water partition coefficient (Wildman–Crippen LogP) is 4.28. The van der Waals surface area contributed by atoms with Crippen LogP contribution in [0.15, 0.2) is 48.5 Å². The fourth-order valence-corrected chi connectivity index (χ4v) is 2.90. The zero-order valence-corrected chi connectivity index (χ0v) is 14.6. The number of carbonyl (C=O) groups is 1. The molecule has 0 radical (unpaired) electrons. The molecule has 0 aliphatic carbocycles. The number of ether oxygens (including phenoxy) is 1. The Morgan fingerprint density at radius 3 is 2.62 bits per heavy atom. The molecule has 0 aromatic heterocycles. The summed E-state index contributed by atoms with van der Waals surface area (Å²) in [6.45, 7) is 3.27. The SMILES string of the molecule is CCCOc1ccc(C(=O)NCCSCc2ccccc2F)cc1. The van der Waals surface area contributed by atoms with E-state index in [1.54, 1.807) is 48.2 Å². The smallest absolute Gasteiger partial charge is 0.251 e. The van der Waals surface area contributed by atoms with E-state index in [4.69, 9.17) is 4.74 Å². The quantitative estimate of drug-likeness (QED) is 0.688. The lowest BCUT2D eigenvalue weighted by atomic mass is 10.2. The van der Waals surface area contributed by atoms with Gasteiger partial charge in [0.1, 0.15) is 11.6 Å².